The Bertz CT molecular complexity index is 1200. The molecule has 2 fully saturated rings. The number of carbonyl (C=O) groups excluding carboxylic acids is 1. The number of rotatable bonds is 4. The van der Waals surface area contributed by atoms with Crippen LogP contribution in [-0.2, 0) is 4.79 Å². The molecule has 3 aromatic rings. The van der Waals surface area contributed by atoms with E-state index in [0.29, 0.717) is 29.4 Å². The van der Waals surface area contributed by atoms with E-state index in [9.17, 15) is 9.18 Å². The van der Waals surface area contributed by atoms with Crippen LogP contribution >= 0.6 is 11.6 Å². The van der Waals surface area contributed by atoms with Crippen LogP contribution in [0, 0.1) is 11.7 Å². The Hall–Kier alpha value is -2.71. The maximum atomic E-state index is 14.0. The lowest BCUT2D eigenvalue weighted by molar-refractivity contribution is -0.124. The fourth-order valence-corrected chi connectivity index (χ4v) is 5.00. The monoisotopic (exact) mass is 470 g/mol. The van der Waals surface area contributed by atoms with E-state index < -0.39 is 5.54 Å². The summed E-state index contributed by atoms with van der Waals surface area (Å²) in [5.74, 6) is 0.501. The molecule has 0 bridgehead atoms. The number of amides is 1. The fourth-order valence-electron chi connectivity index (χ4n) is 4.76. The lowest BCUT2D eigenvalue weighted by atomic mass is 9.97. The van der Waals surface area contributed by atoms with Gasteiger partial charge in [0.1, 0.15) is 17.3 Å². The summed E-state index contributed by atoms with van der Waals surface area (Å²) in [5.41, 5.74) is 1.66. The van der Waals surface area contributed by atoms with E-state index in [0.717, 1.165) is 30.8 Å². The molecular formula is C24H28ClFN6O. The third-order valence-electron chi connectivity index (χ3n) is 6.46. The molecule has 1 amide bonds. The minimum atomic E-state index is -0.431. The van der Waals surface area contributed by atoms with Gasteiger partial charge in [0.15, 0.2) is 5.65 Å². The number of fused-ring (bicyclic) bond motifs is 1. The van der Waals surface area contributed by atoms with Crippen LogP contribution in [0.3, 0.4) is 0 Å². The zero-order valence-electron chi connectivity index (χ0n) is 19.1. The molecule has 1 aromatic carbocycles. The van der Waals surface area contributed by atoms with Gasteiger partial charge in [-0.15, -0.1) is 0 Å². The van der Waals surface area contributed by atoms with E-state index in [-0.39, 0.29) is 23.7 Å². The van der Waals surface area contributed by atoms with E-state index in [1.165, 1.54) is 12.1 Å². The maximum Gasteiger partial charge on any atom is 0.233 e. The van der Waals surface area contributed by atoms with Gasteiger partial charge in [0.2, 0.25) is 5.91 Å². The van der Waals surface area contributed by atoms with Gasteiger partial charge >= 0.3 is 0 Å². The summed E-state index contributed by atoms with van der Waals surface area (Å²) in [7, 11) is 0. The zero-order chi connectivity index (χ0) is 23.3. The van der Waals surface area contributed by atoms with Crippen LogP contribution in [0.5, 0.6) is 0 Å². The summed E-state index contributed by atoms with van der Waals surface area (Å²) in [4.78, 5) is 22.3. The number of halogens is 2. The van der Waals surface area contributed by atoms with E-state index in [4.69, 9.17) is 16.6 Å². The van der Waals surface area contributed by atoms with Crippen LogP contribution in [0.15, 0.2) is 36.7 Å². The summed E-state index contributed by atoms with van der Waals surface area (Å²) in [6.07, 6.45) is 5.40. The maximum absolute atomic E-state index is 14.0. The van der Waals surface area contributed by atoms with Crippen LogP contribution in [0.1, 0.15) is 45.2 Å². The lowest BCUT2D eigenvalue weighted by Gasteiger charge is -2.39. The van der Waals surface area contributed by atoms with Crippen LogP contribution in [0.4, 0.5) is 15.9 Å². The first-order chi connectivity index (χ1) is 15.7. The molecule has 2 aliphatic heterocycles. The number of nitrogens with one attached hydrogen (secondary N) is 1. The van der Waals surface area contributed by atoms with Crippen molar-refractivity contribution in [2.45, 2.75) is 45.2 Å². The molecule has 2 saturated heterocycles. The number of hydrogen-bond donors (Lipinski definition) is 1. The number of anilines is 2. The van der Waals surface area contributed by atoms with Gasteiger partial charge in [0.25, 0.3) is 0 Å². The molecule has 1 atom stereocenters. The number of benzene rings is 1. The number of hydrogen-bond acceptors (Lipinski definition) is 5. The highest BCUT2D eigenvalue weighted by Gasteiger charge is 2.38. The summed E-state index contributed by atoms with van der Waals surface area (Å²) in [5, 5.41) is 8.20. The highest BCUT2D eigenvalue weighted by molar-refractivity contribution is 6.31. The Labute approximate surface area is 197 Å². The van der Waals surface area contributed by atoms with Crippen molar-refractivity contribution in [3.8, 4) is 0 Å². The molecule has 2 aromatic heterocycles. The van der Waals surface area contributed by atoms with Crippen molar-refractivity contribution in [3.05, 3.63) is 53.1 Å². The van der Waals surface area contributed by atoms with Gasteiger partial charge in [0.05, 0.1) is 18.2 Å². The molecule has 9 heteroatoms. The molecule has 33 heavy (non-hydrogen) atoms. The van der Waals surface area contributed by atoms with Gasteiger partial charge < -0.3 is 15.1 Å². The molecule has 2 aliphatic rings. The van der Waals surface area contributed by atoms with Gasteiger partial charge in [-0.1, -0.05) is 11.6 Å². The summed E-state index contributed by atoms with van der Waals surface area (Å²) >= 11 is 6.43. The van der Waals surface area contributed by atoms with Crippen LogP contribution in [0.2, 0.25) is 5.02 Å². The number of aromatic nitrogens is 3. The second kappa shape index (κ2) is 8.25. The molecule has 1 N–H and O–H groups in total. The Morgan fingerprint density at radius 2 is 2.06 bits per heavy atom. The van der Waals surface area contributed by atoms with Crippen molar-refractivity contribution in [1.82, 2.24) is 19.9 Å². The minimum Gasteiger partial charge on any atom is -0.349 e. The molecule has 0 radical (unpaired) electrons. The van der Waals surface area contributed by atoms with Crippen molar-refractivity contribution < 1.29 is 9.18 Å². The molecule has 0 saturated carbocycles. The van der Waals surface area contributed by atoms with Gasteiger partial charge in [-0.05, 0) is 63.4 Å². The van der Waals surface area contributed by atoms with E-state index >= 15 is 0 Å². The quantitative estimate of drug-likeness (QED) is 0.618. The van der Waals surface area contributed by atoms with Gasteiger partial charge in [-0.25, -0.2) is 13.9 Å². The molecule has 0 aliphatic carbocycles. The minimum absolute atomic E-state index is 0.0413. The normalized spacial score (nSPS) is 19.2. The third kappa shape index (κ3) is 3.95. The highest BCUT2D eigenvalue weighted by Crippen LogP contribution is 2.39. The van der Waals surface area contributed by atoms with Crippen LogP contribution in [0.25, 0.3) is 5.65 Å². The predicted molar refractivity (Wildman–Crippen MR) is 127 cm³/mol. The SMILES string of the molecule is CC(C)(C)N(C(=O)C1CNC1)c1cnn2ccc(N3CCC[C@@H]3c3cc(F)ccc3Cl)nc12. The van der Waals surface area contributed by atoms with E-state index in [1.54, 1.807) is 16.8 Å². The fraction of sp³-hybridized carbons (Fsp3) is 0.458. The van der Waals surface area contributed by atoms with Crippen molar-refractivity contribution in [2.75, 3.05) is 29.4 Å². The molecular weight excluding hydrogens is 443 g/mol. The van der Waals surface area contributed by atoms with Crippen molar-refractivity contribution in [1.29, 1.82) is 0 Å². The molecule has 0 unspecified atom stereocenters. The summed E-state index contributed by atoms with van der Waals surface area (Å²) in [6, 6.07) is 6.35. The number of nitrogens with zero attached hydrogens (tertiary/aromatic N) is 5. The number of carbonyl (C=O) groups is 1. The Morgan fingerprint density at radius 1 is 1.27 bits per heavy atom. The topological polar surface area (TPSA) is 65.8 Å². The average Bonchev–Trinajstić information content (AvgIpc) is 3.35. The first-order valence-corrected chi connectivity index (χ1v) is 11.7. The Kier molecular flexibility index (Phi) is 5.53. The van der Waals surface area contributed by atoms with Crippen molar-refractivity contribution >= 4 is 34.7 Å². The third-order valence-corrected chi connectivity index (χ3v) is 6.81. The van der Waals surface area contributed by atoms with Crippen molar-refractivity contribution in [2.24, 2.45) is 5.92 Å². The summed E-state index contributed by atoms with van der Waals surface area (Å²) in [6.45, 7) is 8.23. The average molecular weight is 471 g/mol. The largest absolute Gasteiger partial charge is 0.349 e. The Morgan fingerprint density at radius 3 is 2.76 bits per heavy atom. The molecule has 4 heterocycles. The second-order valence-electron chi connectivity index (χ2n) is 9.80. The van der Waals surface area contributed by atoms with E-state index in [1.807, 2.05) is 37.9 Å². The van der Waals surface area contributed by atoms with Gasteiger partial charge in [0, 0.05) is 36.4 Å². The zero-order valence-corrected chi connectivity index (χ0v) is 19.8. The van der Waals surface area contributed by atoms with Crippen molar-refractivity contribution in [3.63, 3.8) is 0 Å². The van der Waals surface area contributed by atoms with Crippen LogP contribution in [-0.4, -0.2) is 45.7 Å². The van der Waals surface area contributed by atoms with Gasteiger partial charge in [-0.3, -0.25) is 4.79 Å². The highest BCUT2D eigenvalue weighted by atomic mass is 35.5. The Balaban J connectivity index is 1.55. The lowest BCUT2D eigenvalue weighted by Crippen LogP contribution is -2.56. The van der Waals surface area contributed by atoms with Gasteiger partial charge in [-0.2, -0.15) is 5.10 Å². The summed E-state index contributed by atoms with van der Waals surface area (Å²) < 4.78 is 15.7. The second-order valence-corrected chi connectivity index (χ2v) is 10.2. The van der Waals surface area contributed by atoms with Crippen LogP contribution < -0.4 is 15.1 Å². The molecule has 7 nitrogen and oxygen atoms in total. The molecule has 5 rings (SSSR count). The standard InChI is InChI=1S/C24H28ClFN6O/c1-24(2,3)32(23(33)15-12-27-13-15)20-14-28-31-10-8-21(29-22(20)31)30-9-4-5-19(30)17-11-16(26)6-7-18(17)25/h6-8,10-11,14-15,19,27H,4-5,9,12-13H2,1-3H3/t19-/m1/s1. The molecule has 174 valence electrons. The van der Waals surface area contributed by atoms with E-state index in [2.05, 4.69) is 15.3 Å². The first-order valence-electron chi connectivity index (χ1n) is 11.3. The predicted octanol–water partition coefficient (Wildman–Crippen LogP) is 4.21. The molecule has 0 spiro atoms. The smallest absolute Gasteiger partial charge is 0.233 e. The first kappa shape index (κ1) is 22.1.